The average Bonchev–Trinajstić information content (AvgIpc) is 3.95. The zero-order chi connectivity index (χ0) is 47.6. The molecule has 2 aromatic heterocycles. The number of benzene rings is 4. The smallest absolute Gasteiger partial charge is 0.260 e. The molecule has 4 aromatic carbocycles. The molecule has 0 aliphatic heterocycles. The first-order valence-electron chi connectivity index (χ1n) is 20.8. The van der Waals surface area contributed by atoms with E-state index in [1.54, 1.807) is 39.2 Å². The molecular formula is C50H50ClFN8O6. The molecule has 0 atom stereocenters. The summed E-state index contributed by atoms with van der Waals surface area (Å²) in [6.07, 6.45) is 8.78. The van der Waals surface area contributed by atoms with Crippen LogP contribution in [-0.4, -0.2) is 59.9 Å². The Kier molecular flexibility index (Phi) is 18.3. The van der Waals surface area contributed by atoms with Gasteiger partial charge in [0.1, 0.15) is 25.7 Å². The molecule has 0 bridgehead atoms. The van der Waals surface area contributed by atoms with Gasteiger partial charge in [-0.3, -0.25) is 0 Å². The van der Waals surface area contributed by atoms with Crippen molar-refractivity contribution in [3.63, 3.8) is 0 Å². The lowest BCUT2D eigenvalue weighted by Crippen LogP contribution is -2.03. The number of hydrogen-bond acceptors (Lipinski definition) is 12. The molecule has 16 heteroatoms. The number of rotatable bonds is 18. The van der Waals surface area contributed by atoms with Gasteiger partial charge in [0.25, 0.3) is 5.97 Å². The van der Waals surface area contributed by atoms with Crippen LogP contribution in [0.5, 0.6) is 11.5 Å². The summed E-state index contributed by atoms with van der Waals surface area (Å²) in [4.78, 5) is 24.9. The maximum atomic E-state index is 14.7. The van der Waals surface area contributed by atoms with Crippen LogP contribution in [0.15, 0.2) is 104 Å². The lowest BCUT2D eigenvalue weighted by atomic mass is 9.93. The second-order valence-electron chi connectivity index (χ2n) is 14.7. The van der Waals surface area contributed by atoms with Gasteiger partial charge in [0.2, 0.25) is 11.8 Å². The van der Waals surface area contributed by atoms with Crippen molar-refractivity contribution < 1.29 is 32.6 Å². The Morgan fingerprint density at radius 3 is 1.44 bits per heavy atom. The van der Waals surface area contributed by atoms with Gasteiger partial charge >= 0.3 is 0 Å². The maximum absolute atomic E-state index is 14.7. The van der Waals surface area contributed by atoms with Gasteiger partial charge in [-0.2, -0.15) is 14.4 Å². The first kappa shape index (κ1) is 49.4. The minimum Gasteiger partial charge on any atom is -0.496 e. The van der Waals surface area contributed by atoms with E-state index in [1.807, 2.05) is 62.4 Å². The molecule has 14 nitrogen and oxygen atoms in total. The topological polar surface area (TPSA) is 148 Å². The molecule has 0 fully saturated rings. The molecule has 0 unspecified atom stereocenters. The summed E-state index contributed by atoms with van der Waals surface area (Å²) in [6, 6.07) is 22.5. The molecule has 0 N–H and O–H groups in total. The SMILES string of the molecule is [C-]#[N+]c1ccc(/C(=C/CCCc2nc(C)no2)c2cc(C)c(OC)c(/C(Cl)=N/OC)c2)cc1.[C-]#[N+]c1ccc(/C(=C/CCCc2nc(C)no2)c2cc(C)c(OC)c(/C(F)=N/OC)c2)cc1. The summed E-state index contributed by atoms with van der Waals surface area (Å²) in [7, 11) is 5.82. The molecule has 0 amide bonds. The van der Waals surface area contributed by atoms with Gasteiger partial charge in [-0.25, -0.2) is 9.69 Å². The highest BCUT2D eigenvalue weighted by molar-refractivity contribution is 6.69. The number of allylic oxidation sites excluding steroid dienone is 2. The summed E-state index contributed by atoms with van der Waals surface area (Å²) in [6.45, 7) is 21.8. The Labute approximate surface area is 389 Å². The van der Waals surface area contributed by atoms with E-state index in [0.29, 0.717) is 64.7 Å². The highest BCUT2D eigenvalue weighted by atomic mass is 35.5. The van der Waals surface area contributed by atoms with Gasteiger partial charge in [-0.15, -0.1) is 0 Å². The van der Waals surface area contributed by atoms with Crippen molar-refractivity contribution in [1.82, 2.24) is 20.3 Å². The van der Waals surface area contributed by atoms with Gasteiger partial charge in [-0.05, 0) is 122 Å². The van der Waals surface area contributed by atoms with Gasteiger partial charge < -0.3 is 28.2 Å². The van der Waals surface area contributed by atoms with Gasteiger partial charge in [0, 0.05) is 12.8 Å². The highest BCUT2D eigenvalue weighted by Crippen LogP contribution is 2.35. The Bertz CT molecular complexity index is 2610. The van der Waals surface area contributed by atoms with Crippen molar-refractivity contribution >= 4 is 45.3 Å². The first-order valence-corrected chi connectivity index (χ1v) is 21.2. The maximum Gasteiger partial charge on any atom is 0.260 e. The number of unbranched alkanes of at least 4 members (excludes halogenated alkanes) is 2. The van der Waals surface area contributed by atoms with E-state index in [9.17, 15) is 4.39 Å². The Morgan fingerprint density at radius 1 is 0.636 bits per heavy atom. The molecule has 6 rings (SSSR count). The zero-order valence-electron chi connectivity index (χ0n) is 38.1. The largest absolute Gasteiger partial charge is 0.496 e. The van der Waals surface area contributed by atoms with E-state index in [2.05, 4.69) is 63.3 Å². The fraction of sp³-hybridized carbons (Fsp3) is 0.280. The minimum absolute atomic E-state index is 0.203. The van der Waals surface area contributed by atoms with Crippen LogP contribution in [0.4, 0.5) is 15.8 Å². The predicted molar refractivity (Wildman–Crippen MR) is 253 cm³/mol. The summed E-state index contributed by atoms with van der Waals surface area (Å²) in [5, 5.41) is 15.2. The average molecular weight is 913 g/mol. The van der Waals surface area contributed by atoms with Crippen molar-refractivity contribution in [3.05, 3.63) is 176 Å². The van der Waals surface area contributed by atoms with Crippen molar-refractivity contribution in [3.8, 4) is 11.5 Å². The van der Waals surface area contributed by atoms with E-state index in [4.69, 9.17) is 48.1 Å². The van der Waals surface area contributed by atoms with E-state index >= 15 is 0 Å². The Balaban J connectivity index is 0.000000247. The van der Waals surface area contributed by atoms with Crippen LogP contribution in [0.2, 0.25) is 0 Å². The number of halogens is 2. The van der Waals surface area contributed by atoms with Gasteiger partial charge in [-0.1, -0.05) is 92.9 Å². The standard InChI is InChI=1S/C25H25ClN4O3.C25H25FN4O3/c2*1-16-14-19(15-22(24(16)31-4)25(26)30-32-5)21(18-10-12-20(27-3)13-11-18)8-6-7-9-23-28-17(2)29-33-23/h2*8,10-15H,6-7,9H2,1-2,4-5H3/b2*21-8-,30-25-. The molecule has 2 heterocycles. The lowest BCUT2D eigenvalue weighted by molar-refractivity contribution is 0.209. The van der Waals surface area contributed by atoms with Crippen molar-refractivity contribution in [2.45, 2.75) is 66.2 Å². The van der Waals surface area contributed by atoms with Crippen LogP contribution >= 0.6 is 11.6 Å². The predicted octanol–water partition coefficient (Wildman–Crippen LogP) is 12.2. The number of methoxy groups -OCH3 is 2. The van der Waals surface area contributed by atoms with Crippen LogP contribution in [0.3, 0.4) is 0 Å². The van der Waals surface area contributed by atoms with Crippen molar-refractivity contribution in [2.75, 3.05) is 28.4 Å². The third kappa shape index (κ3) is 13.2. The zero-order valence-corrected chi connectivity index (χ0v) is 38.9. The Morgan fingerprint density at radius 2 is 1.06 bits per heavy atom. The van der Waals surface area contributed by atoms with Crippen LogP contribution in [0.1, 0.15) is 93.6 Å². The third-order valence-electron chi connectivity index (χ3n) is 10.0. The summed E-state index contributed by atoms with van der Waals surface area (Å²) >= 11 is 6.39. The molecule has 340 valence electrons. The van der Waals surface area contributed by atoms with Crippen LogP contribution < -0.4 is 9.47 Å². The third-order valence-corrected chi connectivity index (χ3v) is 10.3. The first-order chi connectivity index (χ1) is 31.9. The molecule has 0 spiro atoms. The fourth-order valence-corrected chi connectivity index (χ4v) is 7.29. The van der Waals surface area contributed by atoms with E-state index < -0.39 is 5.97 Å². The van der Waals surface area contributed by atoms with E-state index in [-0.39, 0.29) is 10.7 Å². The number of nitrogens with zero attached hydrogens (tertiary/aromatic N) is 8. The molecular weight excluding hydrogens is 863 g/mol. The summed E-state index contributed by atoms with van der Waals surface area (Å²) < 4.78 is 36.0. The molecule has 66 heavy (non-hydrogen) atoms. The monoisotopic (exact) mass is 912 g/mol. The van der Waals surface area contributed by atoms with Crippen molar-refractivity contribution in [2.24, 2.45) is 10.3 Å². The summed E-state index contributed by atoms with van der Waals surface area (Å²) in [5.41, 5.74) is 9.25. The molecule has 0 saturated heterocycles. The van der Waals surface area contributed by atoms with Crippen LogP contribution in [0.25, 0.3) is 20.8 Å². The number of aryl methyl sites for hydroxylation is 6. The van der Waals surface area contributed by atoms with E-state index in [0.717, 1.165) is 70.2 Å². The number of hydrogen-bond donors (Lipinski definition) is 0. The van der Waals surface area contributed by atoms with Crippen LogP contribution in [-0.2, 0) is 22.5 Å². The summed E-state index contributed by atoms with van der Waals surface area (Å²) in [5.74, 6) is 2.75. The molecule has 6 aromatic rings. The lowest BCUT2D eigenvalue weighted by Gasteiger charge is -2.16. The molecule has 0 radical (unpaired) electrons. The number of oxime groups is 2. The number of ether oxygens (including phenoxy) is 2. The van der Waals surface area contributed by atoms with E-state index in [1.165, 1.54) is 21.3 Å². The van der Waals surface area contributed by atoms with Gasteiger partial charge in [0.05, 0.1) is 38.5 Å². The number of aromatic nitrogens is 4. The minimum atomic E-state index is -0.770. The second kappa shape index (κ2) is 24.4. The normalized spacial score (nSPS) is 11.9. The molecule has 0 aliphatic rings. The fourth-order valence-electron chi connectivity index (χ4n) is 7.08. The van der Waals surface area contributed by atoms with Crippen molar-refractivity contribution in [1.29, 1.82) is 0 Å². The van der Waals surface area contributed by atoms with Gasteiger partial charge in [0.15, 0.2) is 28.2 Å². The van der Waals surface area contributed by atoms with Crippen LogP contribution in [0, 0.1) is 40.8 Å². The molecule has 0 aliphatic carbocycles. The quantitative estimate of drug-likeness (QED) is 0.0353. The molecule has 0 saturated carbocycles. The second-order valence-corrected chi connectivity index (χ2v) is 15.0. The highest BCUT2D eigenvalue weighted by Gasteiger charge is 2.19. The Hall–Kier alpha value is -7.62.